The van der Waals surface area contributed by atoms with Crippen molar-refractivity contribution in [1.82, 2.24) is 10.0 Å². The van der Waals surface area contributed by atoms with Gasteiger partial charge in [0, 0.05) is 25.2 Å². The molecule has 3 rings (SSSR count). The van der Waals surface area contributed by atoms with Crippen LogP contribution in [0.15, 0.2) is 53.4 Å². The van der Waals surface area contributed by atoms with E-state index in [-0.39, 0.29) is 12.4 Å². The zero-order valence-corrected chi connectivity index (χ0v) is 17.3. The third kappa shape index (κ3) is 5.03. The molecule has 6 nitrogen and oxygen atoms in total. The van der Waals surface area contributed by atoms with Crippen molar-refractivity contribution in [3.05, 3.63) is 65.7 Å². The molecule has 0 radical (unpaired) electrons. The number of carbonyl (C=O) groups excluding carboxylic acids is 1. The normalized spacial score (nSPS) is 17.3. The highest BCUT2D eigenvalue weighted by molar-refractivity contribution is 7.89. The summed E-state index contributed by atoms with van der Waals surface area (Å²) in [7, 11) is -4.20. The Kier molecular flexibility index (Phi) is 6.84. The number of halogens is 2. The van der Waals surface area contributed by atoms with Gasteiger partial charge < -0.3 is 10.1 Å². The first-order valence-electron chi connectivity index (χ1n) is 9.62. The maximum atomic E-state index is 13.8. The van der Waals surface area contributed by atoms with Crippen LogP contribution >= 0.6 is 0 Å². The molecular weight excluding hydrogens is 414 g/mol. The van der Waals surface area contributed by atoms with Crippen LogP contribution < -0.4 is 10.0 Å². The van der Waals surface area contributed by atoms with E-state index in [1.807, 2.05) is 0 Å². The Labute approximate surface area is 174 Å². The minimum Gasteiger partial charge on any atom is -0.381 e. The summed E-state index contributed by atoms with van der Waals surface area (Å²) in [6.45, 7) is 2.64. The van der Waals surface area contributed by atoms with E-state index in [4.69, 9.17) is 4.74 Å². The van der Waals surface area contributed by atoms with Crippen molar-refractivity contribution in [2.75, 3.05) is 19.8 Å². The third-order valence-corrected chi connectivity index (χ3v) is 6.93. The lowest BCUT2D eigenvalue weighted by atomic mass is 9.74. The van der Waals surface area contributed by atoms with Crippen molar-refractivity contribution in [3.8, 4) is 0 Å². The van der Waals surface area contributed by atoms with Gasteiger partial charge in [0.15, 0.2) is 0 Å². The fourth-order valence-electron chi connectivity index (χ4n) is 3.55. The molecule has 1 aliphatic rings. The number of hydrogen-bond acceptors (Lipinski definition) is 4. The smallest absolute Gasteiger partial charge is 0.244 e. The number of rotatable bonds is 7. The monoisotopic (exact) mass is 438 g/mol. The number of hydrogen-bond donors (Lipinski definition) is 2. The lowest BCUT2D eigenvalue weighted by Gasteiger charge is -2.38. The minimum atomic E-state index is -4.20. The van der Waals surface area contributed by atoms with Crippen molar-refractivity contribution in [2.24, 2.45) is 0 Å². The Morgan fingerprint density at radius 2 is 1.73 bits per heavy atom. The van der Waals surface area contributed by atoms with Gasteiger partial charge in [-0.25, -0.2) is 17.2 Å². The molecule has 0 saturated carbocycles. The highest BCUT2D eigenvalue weighted by atomic mass is 32.2. The highest BCUT2D eigenvalue weighted by Gasteiger charge is 2.35. The summed E-state index contributed by atoms with van der Waals surface area (Å²) in [5.41, 5.74) is 0.443. The van der Waals surface area contributed by atoms with Crippen LogP contribution in [0.4, 0.5) is 8.78 Å². The van der Waals surface area contributed by atoms with Gasteiger partial charge >= 0.3 is 0 Å². The van der Waals surface area contributed by atoms with E-state index in [0.717, 1.165) is 17.7 Å². The van der Waals surface area contributed by atoms with Crippen molar-refractivity contribution < 1.29 is 26.7 Å². The van der Waals surface area contributed by atoms with Gasteiger partial charge in [0.1, 0.15) is 16.5 Å². The zero-order chi connectivity index (χ0) is 21.8. The number of benzene rings is 2. The fourth-order valence-corrected chi connectivity index (χ4v) is 4.84. The molecule has 1 fully saturated rings. The summed E-state index contributed by atoms with van der Waals surface area (Å²) in [6.07, 6.45) is 1.27. The van der Waals surface area contributed by atoms with Crippen LogP contribution in [0, 0.1) is 11.6 Å². The molecule has 1 aliphatic heterocycles. The molecule has 30 heavy (non-hydrogen) atoms. The molecule has 1 saturated heterocycles. The van der Waals surface area contributed by atoms with E-state index < -0.39 is 38.1 Å². The molecule has 9 heteroatoms. The second kappa shape index (κ2) is 9.20. The summed E-state index contributed by atoms with van der Waals surface area (Å²) in [5, 5.41) is 2.79. The Balaban J connectivity index is 1.69. The SMILES string of the molecule is C[C@H](NS(=O)(=O)c1ccccc1F)C(=O)NCC1(c2ccc(F)cc2)CCOCC1. The maximum absolute atomic E-state index is 13.8. The van der Waals surface area contributed by atoms with E-state index >= 15 is 0 Å². The number of carbonyl (C=O) groups is 1. The average Bonchev–Trinajstić information content (AvgIpc) is 2.73. The van der Waals surface area contributed by atoms with E-state index in [9.17, 15) is 22.0 Å². The Bertz CT molecular complexity index is 990. The van der Waals surface area contributed by atoms with Crippen LogP contribution in [-0.4, -0.2) is 40.1 Å². The van der Waals surface area contributed by atoms with E-state index in [0.29, 0.717) is 26.1 Å². The number of amides is 1. The predicted octanol–water partition coefficient (Wildman–Crippen LogP) is 2.50. The molecule has 1 amide bonds. The molecule has 2 aromatic rings. The number of ether oxygens (including phenoxy) is 1. The minimum absolute atomic E-state index is 0.243. The fraction of sp³-hybridized carbons (Fsp3) is 0.381. The zero-order valence-electron chi connectivity index (χ0n) is 16.5. The van der Waals surface area contributed by atoms with Crippen molar-refractivity contribution >= 4 is 15.9 Å². The standard InChI is InChI=1S/C21H24F2N2O4S/c1-15(25-30(27,28)19-5-3-2-4-18(19)23)20(26)24-14-21(10-12-29-13-11-21)16-6-8-17(22)9-7-16/h2-9,15,25H,10-14H2,1H3,(H,24,26)/t15-/m0/s1. The van der Waals surface area contributed by atoms with Crippen LogP contribution in [0.3, 0.4) is 0 Å². The summed E-state index contributed by atoms with van der Waals surface area (Å²) < 4.78 is 59.6. The number of nitrogens with one attached hydrogen (secondary N) is 2. The predicted molar refractivity (Wildman–Crippen MR) is 107 cm³/mol. The van der Waals surface area contributed by atoms with Crippen molar-refractivity contribution in [1.29, 1.82) is 0 Å². The van der Waals surface area contributed by atoms with Gasteiger partial charge in [0.25, 0.3) is 0 Å². The second-order valence-corrected chi connectivity index (χ2v) is 9.07. The van der Waals surface area contributed by atoms with E-state index in [1.165, 1.54) is 31.2 Å². The van der Waals surface area contributed by atoms with E-state index in [2.05, 4.69) is 10.0 Å². The summed E-state index contributed by atoms with van der Waals surface area (Å²) in [4.78, 5) is 12.1. The van der Waals surface area contributed by atoms with Crippen LogP contribution in [0.2, 0.25) is 0 Å². The molecule has 0 bridgehead atoms. The second-order valence-electron chi connectivity index (χ2n) is 7.39. The third-order valence-electron chi connectivity index (χ3n) is 5.36. The Morgan fingerprint density at radius 3 is 2.37 bits per heavy atom. The van der Waals surface area contributed by atoms with Gasteiger partial charge in [0.05, 0.1) is 6.04 Å². The van der Waals surface area contributed by atoms with Crippen LogP contribution in [0.5, 0.6) is 0 Å². The van der Waals surface area contributed by atoms with Crippen LogP contribution in [0.25, 0.3) is 0 Å². The lowest BCUT2D eigenvalue weighted by molar-refractivity contribution is -0.122. The molecule has 0 spiro atoms. The first-order valence-corrected chi connectivity index (χ1v) is 11.1. The van der Waals surface area contributed by atoms with Crippen molar-refractivity contribution in [3.63, 3.8) is 0 Å². The molecule has 2 aromatic carbocycles. The van der Waals surface area contributed by atoms with Crippen LogP contribution in [0.1, 0.15) is 25.3 Å². The van der Waals surface area contributed by atoms with Gasteiger partial charge in [-0.05, 0) is 49.6 Å². The largest absolute Gasteiger partial charge is 0.381 e. The molecule has 1 atom stereocenters. The number of sulfonamides is 1. The summed E-state index contributed by atoms with van der Waals surface area (Å²) >= 11 is 0. The van der Waals surface area contributed by atoms with Gasteiger partial charge in [-0.1, -0.05) is 24.3 Å². The molecule has 0 aromatic heterocycles. The molecule has 0 unspecified atom stereocenters. The molecule has 1 heterocycles. The van der Waals surface area contributed by atoms with Gasteiger partial charge in [-0.15, -0.1) is 0 Å². The molecular formula is C21H24F2N2O4S. The molecule has 0 aliphatic carbocycles. The maximum Gasteiger partial charge on any atom is 0.244 e. The lowest BCUT2D eigenvalue weighted by Crippen LogP contribution is -2.50. The van der Waals surface area contributed by atoms with Crippen molar-refractivity contribution in [2.45, 2.75) is 36.1 Å². The topological polar surface area (TPSA) is 84.5 Å². The average molecular weight is 438 g/mol. The summed E-state index contributed by atoms with van der Waals surface area (Å²) in [5.74, 6) is -1.78. The first kappa shape index (κ1) is 22.3. The van der Waals surface area contributed by atoms with Gasteiger partial charge in [-0.3, -0.25) is 4.79 Å². The Hall–Kier alpha value is -2.36. The van der Waals surface area contributed by atoms with Gasteiger partial charge in [0.2, 0.25) is 15.9 Å². The summed E-state index contributed by atoms with van der Waals surface area (Å²) in [6, 6.07) is 9.98. The molecule has 162 valence electrons. The highest BCUT2D eigenvalue weighted by Crippen LogP contribution is 2.34. The van der Waals surface area contributed by atoms with Gasteiger partial charge in [-0.2, -0.15) is 4.72 Å². The van der Waals surface area contributed by atoms with E-state index in [1.54, 1.807) is 12.1 Å². The Morgan fingerprint density at radius 1 is 1.10 bits per heavy atom. The quantitative estimate of drug-likeness (QED) is 0.696. The first-order chi connectivity index (χ1) is 14.2. The molecule has 2 N–H and O–H groups in total. The van der Waals surface area contributed by atoms with Crippen LogP contribution in [-0.2, 0) is 25.0 Å².